The van der Waals surface area contributed by atoms with E-state index in [9.17, 15) is 0 Å². The van der Waals surface area contributed by atoms with Crippen LogP contribution in [0, 0.1) is 0 Å². The summed E-state index contributed by atoms with van der Waals surface area (Å²) in [6.07, 6.45) is 3.07. The molecule has 1 unspecified atom stereocenters. The van der Waals surface area contributed by atoms with Crippen molar-refractivity contribution in [2.24, 2.45) is 5.73 Å². The van der Waals surface area contributed by atoms with E-state index >= 15 is 0 Å². The maximum atomic E-state index is 5.63. The van der Waals surface area contributed by atoms with Gasteiger partial charge >= 0.3 is 0 Å². The van der Waals surface area contributed by atoms with Crippen LogP contribution in [0.5, 0.6) is 0 Å². The third-order valence-electron chi connectivity index (χ3n) is 2.79. The molecular weight excluding hydrogens is 182 g/mol. The van der Waals surface area contributed by atoms with Gasteiger partial charge in [0, 0.05) is 7.11 Å². The number of nitrogens with zero attached hydrogens (tertiary/aromatic N) is 2. The summed E-state index contributed by atoms with van der Waals surface area (Å²) < 4.78 is 10.5. The summed E-state index contributed by atoms with van der Waals surface area (Å²) in [7, 11) is 1.68. The SMILES string of the molecule is COC1(c2noc(C(C)N)n2)CCC1. The largest absolute Gasteiger partial charge is 0.370 e. The lowest BCUT2D eigenvalue weighted by molar-refractivity contribution is -0.0858. The Morgan fingerprint density at radius 3 is 2.64 bits per heavy atom. The minimum absolute atomic E-state index is 0.217. The number of hydrogen-bond acceptors (Lipinski definition) is 5. The van der Waals surface area contributed by atoms with Crippen molar-refractivity contribution >= 4 is 0 Å². The second-order valence-corrected chi connectivity index (χ2v) is 3.80. The second-order valence-electron chi connectivity index (χ2n) is 3.80. The van der Waals surface area contributed by atoms with Gasteiger partial charge in [0.25, 0.3) is 0 Å². The van der Waals surface area contributed by atoms with Crippen LogP contribution in [0.3, 0.4) is 0 Å². The van der Waals surface area contributed by atoms with E-state index in [-0.39, 0.29) is 11.6 Å². The highest BCUT2D eigenvalue weighted by atomic mass is 16.5. The summed E-state index contributed by atoms with van der Waals surface area (Å²) in [5.41, 5.74) is 5.33. The van der Waals surface area contributed by atoms with Crippen LogP contribution in [-0.2, 0) is 10.3 Å². The number of nitrogens with two attached hydrogens (primary N) is 1. The van der Waals surface area contributed by atoms with E-state index in [4.69, 9.17) is 15.0 Å². The molecule has 78 valence electrons. The van der Waals surface area contributed by atoms with Crippen molar-refractivity contribution < 1.29 is 9.26 Å². The molecule has 1 heterocycles. The van der Waals surface area contributed by atoms with Gasteiger partial charge in [0.05, 0.1) is 6.04 Å². The zero-order valence-corrected chi connectivity index (χ0v) is 8.49. The fourth-order valence-electron chi connectivity index (χ4n) is 1.62. The monoisotopic (exact) mass is 197 g/mol. The quantitative estimate of drug-likeness (QED) is 0.785. The van der Waals surface area contributed by atoms with Crippen molar-refractivity contribution in [1.82, 2.24) is 10.1 Å². The topological polar surface area (TPSA) is 74.2 Å². The Bertz CT molecular complexity index is 312. The Hall–Kier alpha value is -0.940. The molecule has 1 aliphatic carbocycles. The van der Waals surface area contributed by atoms with Crippen LogP contribution in [0.2, 0.25) is 0 Å². The van der Waals surface area contributed by atoms with Gasteiger partial charge in [0.15, 0.2) is 0 Å². The smallest absolute Gasteiger partial charge is 0.243 e. The summed E-state index contributed by atoms with van der Waals surface area (Å²) in [4.78, 5) is 4.25. The van der Waals surface area contributed by atoms with Crippen molar-refractivity contribution in [1.29, 1.82) is 0 Å². The summed E-state index contributed by atoms with van der Waals surface area (Å²) in [6.45, 7) is 1.82. The van der Waals surface area contributed by atoms with Gasteiger partial charge < -0.3 is 15.0 Å². The first-order valence-corrected chi connectivity index (χ1v) is 4.83. The highest BCUT2D eigenvalue weighted by molar-refractivity contribution is 5.07. The number of methoxy groups -OCH3 is 1. The lowest BCUT2D eigenvalue weighted by atomic mass is 9.79. The molecule has 1 aromatic rings. The molecule has 0 aliphatic heterocycles. The molecule has 5 nitrogen and oxygen atoms in total. The number of hydrogen-bond donors (Lipinski definition) is 1. The van der Waals surface area contributed by atoms with Gasteiger partial charge in [-0.3, -0.25) is 0 Å². The maximum absolute atomic E-state index is 5.63. The van der Waals surface area contributed by atoms with Crippen LogP contribution >= 0.6 is 0 Å². The summed E-state index contributed by atoms with van der Waals surface area (Å²) in [5, 5.41) is 3.91. The van der Waals surface area contributed by atoms with Crippen LogP contribution in [-0.4, -0.2) is 17.3 Å². The zero-order chi connectivity index (χ0) is 10.2. The lowest BCUT2D eigenvalue weighted by Gasteiger charge is -2.37. The van der Waals surface area contributed by atoms with Crippen LogP contribution in [0.15, 0.2) is 4.52 Å². The molecule has 2 N–H and O–H groups in total. The molecule has 0 radical (unpaired) electrons. The van der Waals surface area contributed by atoms with Gasteiger partial charge in [-0.05, 0) is 26.2 Å². The number of aromatic nitrogens is 2. The highest BCUT2D eigenvalue weighted by Crippen LogP contribution is 2.42. The van der Waals surface area contributed by atoms with Gasteiger partial charge in [-0.15, -0.1) is 0 Å². The van der Waals surface area contributed by atoms with E-state index in [0.717, 1.165) is 19.3 Å². The first-order chi connectivity index (χ1) is 6.68. The summed E-state index contributed by atoms with van der Waals surface area (Å²) >= 11 is 0. The standard InChI is InChI=1S/C9H15N3O2/c1-6(10)7-11-8(12-14-7)9(13-2)4-3-5-9/h6H,3-5,10H2,1-2H3. The average molecular weight is 197 g/mol. The molecule has 14 heavy (non-hydrogen) atoms. The second kappa shape index (κ2) is 3.33. The van der Waals surface area contributed by atoms with Crippen molar-refractivity contribution in [2.75, 3.05) is 7.11 Å². The summed E-state index contributed by atoms with van der Waals surface area (Å²) in [5.74, 6) is 1.11. The van der Waals surface area contributed by atoms with E-state index in [1.54, 1.807) is 7.11 Å². The van der Waals surface area contributed by atoms with Gasteiger partial charge in [-0.25, -0.2) is 0 Å². The normalized spacial score (nSPS) is 21.6. The predicted octanol–water partition coefficient (Wildman–Crippen LogP) is 1.11. The van der Waals surface area contributed by atoms with Crippen molar-refractivity contribution in [3.05, 3.63) is 11.7 Å². The Balaban J connectivity index is 2.23. The molecule has 1 aromatic heterocycles. The molecular formula is C9H15N3O2. The molecule has 1 fully saturated rings. The number of ether oxygens (including phenoxy) is 1. The molecule has 1 aliphatic rings. The number of rotatable bonds is 3. The molecule has 0 bridgehead atoms. The molecule has 0 spiro atoms. The zero-order valence-electron chi connectivity index (χ0n) is 8.49. The maximum Gasteiger partial charge on any atom is 0.243 e. The first kappa shape index (κ1) is 9.61. The summed E-state index contributed by atoms with van der Waals surface area (Å²) in [6, 6.07) is -0.217. The fraction of sp³-hybridized carbons (Fsp3) is 0.778. The van der Waals surface area contributed by atoms with Gasteiger partial charge in [-0.1, -0.05) is 5.16 Å². The van der Waals surface area contributed by atoms with Crippen molar-refractivity contribution in [3.8, 4) is 0 Å². The lowest BCUT2D eigenvalue weighted by Crippen LogP contribution is -2.37. The molecule has 1 saturated carbocycles. The van der Waals surface area contributed by atoms with E-state index in [0.29, 0.717) is 11.7 Å². The fourth-order valence-corrected chi connectivity index (χ4v) is 1.62. The van der Waals surface area contributed by atoms with Crippen LogP contribution in [0.4, 0.5) is 0 Å². The highest BCUT2D eigenvalue weighted by Gasteiger charge is 2.43. The van der Waals surface area contributed by atoms with E-state index < -0.39 is 0 Å². The van der Waals surface area contributed by atoms with Crippen LogP contribution in [0.1, 0.15) is 43.9 Å². The molecule has 2 rings (SSSR count). The third-order valence-corrected chi connectivity index (χ3v) is 2.79. The van der Waals surface area contributed by atoms with Gasteiger partial charge in [-0.2, -0.15) is 4.98 Å². The van der Waals surface area contributed by atoms with E-state index in [1.807, 2.05) is 6.92 Å². The molecule has 0 amide bonds. The Labute approximate surface area is 82.6 Å². The first-order valence-electron chi connectivity index (χ1n) is 4.83. The molecule has 0 aromatic carbocycles. The Kier molecular flexibility index (Phi) is 2.28. The Morgan fingerprint density at radius 2 is 2.29 bits per heavy atom. The van der Waals surface area contributed by atoms with Crippen LogP contribution in [0.25, 0.3) is 0 Å². The predicted molar refractivity (Wildman–Crippen MR) is 49.4 cm³/mol. The molecule has 1 atom stereocenters. The average Bonchev–Trinajstić information content (AvgIpc) is 2.52. The van der Waals surface area contributed by atoms with Crippen molar-refractivity contribution in [2.45, 2.75) is 37.8 Å². The molecule has 0 saturated heterocycles. The van der Waals surface area contributed by atoms with Crippen LogP contribution < -0.4 is 5.73 Å². The van der Waals surface area contributed by atoms with Crippen molar-refractivity contribution in [3.63, 3.8) is 0 Å². The Morgan fingerprint density at radius 1 is 1.57 bits per heavy atom. The van der Waals surface area contributed by atoms with E-state index in [2.05, 4.69) is 10.1 Å². The van der Waals surface area contributed by atoms with Gasteiger partial charge in [0.2, 0.25) is 11.7 Å². The third kappa shape index (κ3) is 1.33. The van der Waals surface area contributed by atoms with Gasteiger partial charge in [0.1, 0.15) is 5.60 Å². The molecule has 5 heteroatoms. The van der Waals surface area contributed by atoms with E-state index in [1.165, 1.54) is 0 Å². The minimum Gasteiger partial charge on any atom is -0.370 e. The minimum atomic E-state index is -0.309.